The van der Waals surface area contributed by atoms with Crippen LogP contribution < -0.4 is 10.1 Å². The van der Waals surface area contributed by atoms with Gasteiger partial charge in [-0.05, 0) is 37.3 Å². The van der Waals surface area contributed by atoms with E-state index in [-0.39, 0.29) is 5.91 Å². The first kappa shape index (κ1) is 15.5. The highest BCUT2D eigenvalue weighted by molar-refractivity contribution is 7.13. The molecule has 7 heteroatoms. The molecule has 0 unspecified atom stereocenters. The molecule has 116 valence electrons. The average molecular weight is 346 g/mol. The van der Waals surface area contributed by atoms with Gasteiger partial charge in [-0.1, -0.05) is 11.6 Å². The van der Waals surface area contributed by atoms with E-state index in [1.54, 1.807) is 42.7 Å². The summed E-state index contributed by atoms with van der Waals surface area (Å²) < 4.78 is 5.66. The summed E-state index contributed by atoms with van der Waals surface area (Å²) in [6.45, 7) is 1.87. The summed E-state index contributed by atoms with van der Waals surface area (Å²) in [6, 6.07) is 8.37. The van der Waals surface area contributed by atoms with Crippen molar-refractivity contribution in [2.75, 3.05) is 5.32 Å². The van der Waals surface area contributed by atoms with Crippen LogP contribution in [0.15, 0.2) is 48.1 Å². The number of ether oxygens (including phenoxy) is 1. The van der Waals surface area contributed by atoms with Crippen LogP contribution in [0.4, 0.5) is 5.13 Å². The Labute approximate surface area is 141 Å². The third-order valence-corrected chi connectivity index (χ3v) is 3.94. The van der Waals surface area contributed by atoms with E-state index >= 15 is 0 Å². The fourth-order valence-corrected chi connectivity index (χ4v) is 2.79. The van der Waals surface area contributed by atoms with Gasteiger partial charge in [-0.15, -0.1) is 11.3 Å². The van der Waals surface area contributed by atoms with E-state index in [0.717, 1.165) is 5.69 Å². The molecule has 1 N–H and O–H groups in total. The molecule has 0 spiro atoms. The van der Waals surface area contributed by atoms with Gasteiger partial charge in [0.1, 0.15) is 11.5 Å². The summed E-state index contributed by atoms with van der Waals surface area (Å²) in [6.07, 6.45) is 3.23. The van der Waals surface area contributed by atoms with Crippen LogP contribution in [0.25, 0.3) is 0 Å². The van der Waals surface area contributed by atoms with Crippen molar-refractivity contribution in [1.82, 2.24) is 9.97 Å². The number of carbonyl (C=O) groups is 1. The predicted octanol–water partition coefficient (Wildman–Crippen LogP) is 4.54. The highest BCUT2D eigenvalue weighted by atomic mass is 35.5. The number of nitrogens with one attached hydrogen (secondary N) is 1. The quantitative estimate of drug-likeness (QED) is 0.753. The van der Waals surface area contributed by atoms with Gasteiger partial charge < -0.3 is 4.74 Å². The average Bonchev–Trinajstić information content (AvgIpc) is 2.93. The number of nitrogens with zero attached hydrogens (tertiary/aromatic N) is 2. The summed E-state index contributed by atoms with van der Waals surface area (Å²) in [5.74, 6) is 0.737. The minimum Gasteiger partial charge on any atom is -0.456 e. The second-order valence-corrected chi connectivity index (χ2v) is 6.01. The number of pyridine rings is 1. The molecular formula is C16H12ClN3O2S. The van der Waals surface area contributed by atoms with Crippen molar-refractivity contribution < 1.29 is 9.53 Å². The van der Waals surface area contributed by atoms with Gasteiger partial charge in [-0.3, -0.25) is 15.1 Å². The molecule has 0 saturated carbocycles. The van der Waals surface area contributed by atoms with Gasteiger partial charge in [-0.2, -0.15) is 0 Å². The molecule has 1 aromatic carbocycles. The molecule has 0 atom stereocenters. The van der Waals surface area contributed by atoms with Crippen molar-refractivity contribution in [2.45, 2.75) is 6.92 Å². The van der Waals surface area contributed by atoms with Gasteiger partial charge in [0.25, 0.3) is 5.91 Å². The molecule has 0 radical (unpaired) electrons. The molecule has 0 fully saturated rings. The number of aryl methyl sites for hydroxylation is 1. The van der Waals surface area contributed by atoms with Gasteiger partial charge in [0.15, 0.2) is 5.13 Å². The first-order valence-corrected chi connectivity index (χ1v) is 7.98. The van der Waals surface area contributed by atoms with Crippen molar-refractivity contribution in [3.63, 3.8) is 0 Å². The van der Waals surface area contributed by atoms with E-state index in [1.807, 2.05) is 12.3 Å². The summed E-state index contributed by atoms with van der Waals surface area (Å²) in [5.41, 5.74) is 1.25. The Kier molecular flexibility index (Phi) is 4.55. The number of benzene rings is 1. The Morgan fingerprint density at radius 1 is 1.30 bits per heavy atom. The van der Waals surface area contributed by atoms with Crippen LogP contribution in [0.1, 0.15) is 16.1 Å². The van der Waals surface area contributed by atoms with E-state index in [0.29, 0.717) is 27.2 Å². The first-order chi connectivity index (χ1) is 11.1. The van der Waals surface area contributed by atoms with Crippen LogP contribution >= 0.6 is 22.9 Å². The Balaban J connectivity index is 1.80. The number of aromatic nitrogens is 2. The predicted molar refractivity (Wildman–Crippen MR) is 90.6 cm³/mol. The number of carbonyl (C=O) groups excluding carboxylic acids is 1. The van der Waals surface area contributed by atoms with Crippen LogP contribution in [0, 0.1) is 6.92 Å². The van der Waals surface area contributed by atoms with Crippen LogP contribution in [0.3, 0.4) is 0 Å². The molecule has 3 rings (SSSR count). The summed E-state index contributed by atoms with van der Waals surface area (Å²) in [5, 5.41) is 5.56. The second-order valence-electron chi connectivity index (χ2n) is 4.71. The molecule has 2 aromatic heterocycles. The number of anilines is 1. The standard InChI is InChI=1S/C16H12ClN3O2S/c1-10-9-23-16(19-10)20-15(21)11-5-12(17)7-14(6-11)22-13-3-2-4-18-8-13/h2-9H,1H3,(H,19,20,21). The summed E-state index contributed by atoms with van der Waals surface area (Å²) >= 11 is 7.45. The lowest BCUT2D eigenvalue weighted by Gasteiger charge is -2.08. The largest absolute Gasteiger partial charge is 0.456 e. The van der Waals surface area contributed by atoms with Crippen molar-refractivity contribution in [3.05, 3.63) is 64.4 Å². The Bertz CT molecular complexity index is 836. The normalized spacial score (nSPS) is 10.3. The first-order valence-electron chi connectivity index (χ1n) is 6.72. The molecule has 0 aliphatic rings. The van der Waals surface area contributed by atoms with Crippen LogP contribution in [0.5, 0.6) is 11.5 Å². The third-order valence-electron chi connectivity index (χ3n) is 2.84. The van der Waals surface area contributed by atoms with Gasteiger partial charge in [0, 0.05) is 22.2 Å². The molecular weight excluding hydrogens is 334 g/mol. The molecule has 3 aromatic rings. The van der Waals surface area contributed by atoms with Crippen molar-refractivity contribution in [2.24, 2.45) is 0 Å². The van der Waals surface area contributed by atoms with Crippen molar-refractivity contribution in [3.8, 4) is 11.5 Å². The molecule has 0 aliphatic carbocycles. The topological polar surface area (TPSA) is 64.1 Å². The Morgan fingerprint density at radius 2 is 2.17 bits per heavy atom. The van der Waals surface area contributed by atoms with Gasteiger partial charge >= 0.3 is 0 Å². The number of thiazole rings is 1. The third kappa shape index (κ3) is 4.06. The Morgan fingerprint density at radius 3 is 2.87 bits per heavy atom. The lowest BCUT2D eigenvalue weighted by Crippen LogP contribution is -2.11. The van der Waals surface area contributed by atoms with Gasteiger partial charge in [-0.25, -0.2) is 4.98 Å². The smallest absolute Gasteiger partial charge is 0.257 e. The van der Waals surface area contributed by atoms with Crippen LogP contribution in [-0.4, -0.2) is 15.9 Å². The van der Waals surface area contributed by atoms with Crippen molar-refractivity contribution >= 4 is 34.0 Å². The highest BCUT2D eigenvalue weighted by Gasteiger charge is 2.11. The van der Waals surface area contributed by atoms with Crippen molar-refractivity contribution in [1.29, 1.82) is 0 Å². The zero-order valence-electron chi connectivity index (χ0n) is 12.1. The molecule has 23 heavy (non-hydrogen) atoms. The number of hydrogen-bond donors (Lipinski definition) is 1. The number of rotatable bonds is 4. The van der Waals surface area contributed by atoms with Crippen LogP contribution in [0.2, 0.25) is 5.02 Å². The highest BCUT2D eigenvalue weighted by Crippen LogP contribution is 2.26. The summed E-state index contributed by atoms with van der Waals surface area (Å²) in [7, 11) is 0. The fourth-order valence-electron chi connectivity index (χ4n) is 1.88. The summed E-state index contributed by atoms with van der Waals surface area (Å²) in [4.78, 5) is 20.5. The van der Waals surface area contributed by atoms with E-state index in [4.69, 9.17) is 16.3 Å². The second kappa shape index (κ2) is 6.76. The number of amides is 1. The number of hydrogen-bond acceptors (Lipinski definition) is 5. The van der Waals surface area contributed by atoms with E-state index in [9.17, 15) is 4.79 Å². The lowest BCUT2D eigenvalue weighted by molar-refractivity contribution is 0.102. The maximum absolute atomic E-state index is 12.3. The monoisotopic (exact) mass is 345 g/mol. The molecule has 5 nitrogen and oxygen atoms in total. The Hall–Kier alpha value is -2.44. The van der Waals surface area contributed by atoms with E-state index in [2.05, 4.69) is 15.3 Å². The maximum atomic E-state index is 12.3. The molecule has 2 heterocycles. The molecule has 0 bridgehead atoms. The van der Waals surface area contributed by atoms with Crippen LogP contribution in [-0.2, 0) is 0 Å². The van der Waals surface area contributed by atoms with E-state index in [1.165, 1.54) is 11.3 Å². The number of halogens is 1. The zero-order chi connectivity index (χ0) is 16.2. The van der Waals surface area contributed by atoms with E-state index < -0.39 is 0 Å². The maximum Gasteiger partial charge on any atom is 0.257 e. The lowest BCUT2D eigenvalue weighted by atomic mass is 10.2. The molecule has 0 aliphatic heterocycles. The molecule has 1 amide bonds. The zero-order valence-corrected chi connectivity index (χ0v) is 13.7. The fraction of sp³-hybridized carbons (Fsp3) is 0.0625. The minimum absolute atomic E-state index is 0.294. The minimum atomic E-state index is -0.294. The molecule has 0 saturated heterocycles. The van der Waals surface area contributed by atoms with Gasteiger partial charge in [0.2, 0.25) is 0 Å². The van der Waals surface area contributed by atoms with Gasteiger partial charge in [0.05, 0.1) is 11.9 Å². The SMILES string of the molecule is Cc1csc(NC(=O)c2cc(Cl)cc(Oc3cccnc3)c2)n1.